The maximum absolute atomic E-state index is 13.7. The van der Waals surface area contributed by atoms with E-state index in [2.05, 4.69) is 19.9 Å². The minimum atomic E-state index is -1.27. The first-order chi connectivity index (χ1) is 20.7. The molecule has 6 rings (SSSR count). The van der Waals surface area contributed by atoms with Crippen molar-refractivity contribution in [1.29, 1.82) is 0 Å². The van der Waals surface area contributed by atoms with Crippen LogP contribution in [0.15, 0.2) is 90.2 Å². The fourth-order valence-electron chi connectivity index (χ4n) is 6.92. The van der Waals surface area contributed by atoms with Crippen molar-refractivity contribution in [3.8, 4) is 0 Å². The van der Waals surface area contributed by atoms with E-state index >= 15 is 0 Å². The molecule has 1 aliphatic carbocycles. The van der Waals surface area contributed by atoms with Crippen LogP contribution in [-0.2, 0) is 22.2 Å². The van der Waals surface area contributed by atoms with Crippen molar-refractivity contribution in [3.05, 3.63) is 127 Å². The molecule has 10 nitrogen and oxygen atoms in total. The van der Waals surface area contributed by atoms with E-state index in [1.807, 2.05) is 78.9 Å². The maximum atomic E-state index is 13.7. The first kappa shape index (κ1) is 29.1. The number of para-hydroxylation sites is 2. The molecular formula is C34H32N4O6. The normalized spacial score (nSPS) is 23.1. The summed E-state index contributed by atoms with van der Waals surface area (Å²) in [4.78, 5) is 37.4. The van der Waals surface area contributed by atoms with E-state index in [0.29, 0.717) is 11.3 Å². The lowest BCUT2D eigenvalue weighted by molar-refractivity contribution is -0.455. The van der Waals surface area contributed by atoms with Gasteiger partial charge in [0.1, 0.15) is 0 Å². The standard InChI is InChI=1S/C34H32N4O6/c1-33(2)25-10-6-8-12-27(25)35(5)29(33)17-23-31(39)24(32(23)40)18-30-34(3,4)26-11-7-9-13-28(26)36(30)19-20-14-21(37(41)42)16-22(15-20)38(43)44/h6-18,23,31H,19H2,1-5H3. The molecule has 0 saturated heterocycles. The van der Waals surface area contributed by atoms with Crippen LogP contribution in [0.2, 0.25) is 0 Å². The molecule has 0 aromatic heterocycles. The molecule has 3 aromatic rings. The van der Waals surface area contributed by atoms with Crippen molar-refractivity contribution in [1.82, 2.24) is 0 Å². The van der Waals surface area contributed by atoms with Gasteiger partial charge < -0.3 is 10.0 Å². The number of allylic oxidation sites excluding steroid dienone is 2. The zero-order valence-corrected chi connectivity index (χ0v) is 25.1. The van der Waals surface area contributed by atoms with Gasteiger partial charge in [0, 0.05) is 65.2 Å². The number of nitro benzene ring substituents is 2. The van der Waals surface area contributed by atoms with Gasteiger partial charge in [0.2, 0.25) is 5.69 Å². The molecule has 0 amide bonds. The van der Waals surface area contributed by atoms with Gasteiger partial charge in [-0.05, 0) is 31.1 Å². The highest BCUT2D eigenvalue weighted by Gasteiger charge is 2.48. The van der Waals surface area contributed by atoms with Gasteiger partial charge in [0.25, 0.3) is 11.4 Å². The topological polar surface area (TPSA) is 133 Å². The van der Waals surface area contributed by atoms with Crippen molar-refractivity contribution < 1.29 is 24.3 Å². The smallest absolute Gasteiger partial charge is 0.276 e. The Bertz CT molecular complexity index is 1840. The summed E-state index contributed by atoms with van der Waals surface area (Å²) in [6, 6.07) is 19.2. The predicted octanol–water partition coefficient (Wildman–Crippen LogP) is 5.25. The number of Topliss-reactive ketones (excluding diaryl/α,β-unsaturated/α-hetero) is 1. The van der Waals surface area contributed by atoms with E-state index in [-0.39, 0.29) is 34.7 Å². The molecule has 3 aromatic carbocycles. The molecule has 0 radical (unpaired) electrons. The molecule has 3 aliphatic rings. The number of nitro groups is 2. The van der Waals surface area contributed by atoms with E-state index in [4.69, 9.17) is 0 Å². The van der Waals surface area contributed by atoms with Crippen molar-refractivity contribution in [3.63, 3.8) is 0 Å². The van der Waals surface area contributed by atoms with Crippen LogP contribution in [0, 0.1) is 26.1 Å². The third kappa shape index (κ3) is 4.36. The van der Waals surface area contributed by atoms with Gasteiger partial charge in [-0.2, -0.15) is 4.58 Å². The van der Waals surface area contributed by atoms with Crippen LogP contribution in [-0.4, -0.2) is 39.1 Å². The average Bonchev–Trinajstić information content (AvgIpc) is 3.32. The minimum absolute atomic E-state index is 0.0739. The number of hydrogen-bond acceptors (Lipinski definition) is 7. The number of non-ortho nitro benzene ring substituents is 2. The fraction of sp³-hybridized carbons (Fsp3) is 0.294. The Hall–Kier alpha value is -4.96. The second kappa shape index (κ2) is 10.1. The summed E-state index contributed by atoms with van der Waals surface area (Å²) in [5, 5.41) is 36.8. The third-order valence-electron chi connectivity index (χ3n) is 9.31. The Morgan fingerprint density at radius 3 is 2.07 bits per heavy atom. The summed E-state index contributed by atoms with van der Waals surface area (Å²) < 4.78 is 1.89. The molecular weight excluding hydrogens is 560 g/mol. The summed E-state index contributed by atoms with van der Waals surface area (Å²) in [6.07, 6.45) is 2.21. The Labute approximate surface area is 254 Å². The summed E-state index contributed by atoms with van der Waals surface area (Å²) in [6.45, 7) is 8.23. The fourth-order valence-corrected chi connectivity index (χ4v) is 6.92. The molecule has 2 atom stereocenters. The summed E-state index contributed by atoms with van der Waals surface area (Å²) in [5.41, 5.74) is 4.31. The SMILES string of the molecule is CN1C(=CC2C(=O)C(=CC3=[N+](Cc4cc([N+](=O)[O-])cc([N+](=O)[O-])c4)c4ccccc4C3(C)C)C2[O-])C(C)(C)c2ccccc21. The van der Waals surface area contributed by atoms with Gasteiger partial charge in [-0.25, -0.2) is 0 Å². The monoisotopic (exact) mass is 592 g/mol. The second-order valence-electron chi connectivity index (χ2n) is 12.6. The van der Waals surface area contributed by atoms with Gasteiger partial charge in [-0.1, -0.05) is 62.4 Å². The number of anilines is 1. The predicted molar refractivity (Wildman–Crippen MR) is 164 cm³/mol. The largest absolute Gasteiger partial charge is 0.848 e. The van der Waals surface area contributed by atoms with Crippen LogP contribution in [0.4, 0.5) is 22.7 Å². The molecule has 224 valence electrons. The van der Waals surface area contributed by atoms with Crippen molar-refractivity contribution >= 4 is 34.2 Å². The second-order valence-corrected chi connectivity index (χ2v) is 12.6. The number of nitrogens with zero attached hydrogens (tertiary/aromatic N) is 4. The van der Waals surface area contributed by atoms with Crippen LogP contribution in [0.3, 0.4) is 0 Å². The zero-order chi connectivity index (χ0) is 31.7. The Morgan fingerprint density at radius 1 is 0.886 bits per heavy atom. The number of ketones is 1. The zero-order valence-electron chi connectivity index (χ0n) is 25.1. The van der Waals surface area contributed by atoms with Crippen LogP contribution < -0.4 is 10.0 Å². The molecule has 0 bridgehead atoms. The highest BCUT2D eigenvalue weighted by molar-refractivity contribution is 6.14. The number of likely N-dealkylation sites (N-methyl/N-ethyl adjacent to an activating group) is 1. The number of hydrogen-bond donors (Lipinski definition) is 0. The number of fused-ring (bicyclic) bond motifs is 2. The van der Waals surface area contributed by atoms with Crippen molar-refractivity contribution in [2.24, 2.45) is 5.92 Å². The highest BCUT2D eigenvalue weighted by atomic mass is 16.6. The Morgan fingerprint density at radius 2 is 1.48 bits per heavy atom. The van der Waals surface area contributed by atoms with Crippen LogP contribution in [0.5, 0.6) is 0 Å². The molecule has 1 saturated carbocycles. The average molecular weight is 593 g/mol. The minimum Gasteiger partial charge on any atom is -0.848 e. The third-order valence-corrected chi connectivity index (χ3v) is 9.31. The first-order valence-electron chi connectivity index (χ1n) is 14.4. The highest BCUT2D eigenvalue weighted by Crippen LogP contribution is 2.48. The van der Waals surface area contributed by atoms with Crippen LogP contribution in [0.1, 0.15) is 44.4 Å². The number of carbonyl (C=O) groups excluding carboxylic acids is 1. The van der Waals surface area contributed by atoms with Gasteiger partial charge in [0.15, 0.2) is 18.0 Å². The molecule has 44 heavy (non-hydrogen) atoms. The van der Waals surface area contributed by atoms with Crippen LogP contribution in [0.25, 0.3) is 0 Å². The number of carbonyl (C=O) groups is 1. The van der Waals surface area contributed by atoms with Gasteiger partial charge in [0.05, 0.1) is 21.3 Å². The van der Waals surface area contributed by atoms with Gasteiger partial charge in [-0.3, -0.25) is 25.0 Å². The molecule has 0 N–H and O–H groups in total. The molecule has 2 unspecified atom stereocenters. The molecule has 1 fully saturated rings. The molecule has 2 heterocycles. The summed E-state index contributed by atoms with van der Waals surface area (Å²) >= 11 is 0. The lowest BCUT2D eigenvalue weighted by Crippen LogP contribution is -2.53. The van der Waals surface area contributed by atoms with E-state index < -0.39 is 27.3 Å². The van der Waals surface area contributed by atoms with E-state index in [9.17, 15) is 30.1 Å². The van der Waals surface area contributed by atoms with Gasteiger partial charge in [-0.15, -0.1) is 0 Å². The Balaban J connectivity index is 1.40. The van der Waals surface area contributed by atoms with Crippen molar-refractivity contribution in [2.75, 3.05) is 11.9 Å². The molecule has 10 heteroatoms. The van der Waals surface area contributed by atoms with Crippen LogP contribution >= 0.6 is 0 Å². The van der Waals surface area contributed by atoms with Crippen molar-refractivity contribution in [2.45, 2.75) is 51.2 Å². The lowest BCUT2D eigenvalue weighted by atomic mass is 9.71. The van der Waals surface area contributed by atoms with E-state index in [1.54, 1.807) is 6.08 Å². The number of benzene rings is 3. The number of rotatable bonds is 6. The summed E-state index contributed by atoms with van der Waals surface area (Å²) in [5.74, 6) is -1.05. The molecule has 0 spiro atoms. The van der Waals surface area contributed by atoms with E-state index in [0.717, 1.165) is 34.3 Å². The van der Waals surface area contributed by atoms with E-state index in [1.165, 1.54) is 12.1 Å². The quantitative estimate of drug-likeness (QED) is 0.165. The Kier molecular flexibility index (Phi) is 6.66. The maximum Gasteiger partial charge on any atom is 0.276 e. The lowest BCUT2D eigenvalue weighted by Gasteiger charge is -2.43. The van der Waals surface area contributed by atoms with Gasteiger partial charge >= 0.3 is 0 Å². The summed E-state index contributed by atoms with van der Waals surface area (Å²) in [7, 11) is 1.95. The first-order valence-corrected chi connectivity index (χ1v) is 14.4. The molecule has 2 aliphatic heterocycles.